The van der Waals surface area contributed by atoms with E-state index in [0.29, 0.717) is 12.0 Å². The molecule has 0 spiro atoms. The van der Waals surface area contributed by atoms with E-state index in [4.69, 9.17) is 0 Å². The van der Waals surface area contributed by atoms with Crippen LogP contribution in [0.15, 0.2) is 23.8 Å². The average Bonchev–Trinajstić information content (AvgIpc) is 2.04. The Morgan fingerprint density at radius 1 is 1.33 bits per heavy atom. The number of allylic oxidation sites excluding steroid dienone is 4. The van der Waals surface area contributed by atoms with Crippen molar-refractivity contribution in [2.75, 3.05) is 0 Å². The van der Waals surface area contributed by atoms with Crippen molar-refractivity contribution >= 4 is 41.4 Å². The molecule has 1 rings (SSSR count). The third-order valence-corrected chi connectivity index (χ3v) is 3.58. The SMILES string of the molecule is CC1(C(=O)[Se-])C=CC=C(C(=O)[Se-])C1.[Na+].[Na+]. The Labute approximate surface area is 150 Å². The van der Waals surface area contributed by atoms with Gasteiger partial charge in [0.15, 0.2) is 0 Å². The van der Waals surface area contributed by atoms with Gasteiger partial charge in [-0.3, -0.25) is 0 Å². The van der Waals surface area contributed by atoms with Crippen LogP contribution >= 0.6 is 0 Å². The molecular weight excluding hydrogens is 344 g/mol. The van der Waals surface area contributed by atoms with Crippen LogP contribution in [0.3, 0.4) is 0 Å². The maximum absolute atomic E-state index is 11.2. The van der Waals surface area contributed by atoms with E-state index >= 15 is 0 Å². The molecule has 15 heavy (non-hydrogen) atoms. The van der Waals surface area contributed by atoms with Gasteiger partial charge in [0.25, 0.3) is 0 Å². The summed E-state index contributed by atoms with van der Waals surface area (Å²) in [6, 6.07) is 0. The molecule has 0 radical (unpaired) electrons. The number of carbonyl (C=O) groups excluding carboxylic acids is 2. The van der Waals surface area contributed by atoms with Gasteiger partial charge in [-0.15, -0.1) is 0 Å². The van der Waals surface area contributed by atoms with E-state index in [1.807, 2.05) is 13.0 Å². The fourth-order valence-electron chi connectivity index (χ4n) is 1.17. The van der Waals surface area contributed by atoms with Crippen LogP contribution in [0, 0.1) is 5.41 Å². The summed E-state index contributed by atoms with van der Waals surface area (Å²) in [5.74, 6) is 0. The van der Waals surface area contributed by atoms with Gasteiger partial charge in [0.05, 0.1) is 0 Å². The molecule has 6 heteroatoms. The van der Waals surface area contributed by atoms with Crippen LogP contribution < -0.4 is 59.1 Å². The Kier molecular flexibility index (Phi) is 10.3. The van der Waals surface area contributed by atoms with Crippen molar-refractivity contribution in [1.82, 2.24) is 0 Å². The average molecular weight is 352 g/mol. The quantitative estimate of drug-likeness (QED) is 0.465. The molecule has 0 saturated heterocycles. The van der Waals surface area contributed by atoms with Crippen molar-refractivity contribution < 1.29 is 68.7 Å². The minimum atomic E-state index is -0.552. The molecule has 1 atom stereocenters. The molecule has 0 saturated carbocycles. The van der Waals surface area contributed by atoms with Gasteiger partial charge in [0.1, 0.15) is 0 Å². The van der Waals surface area contributed by atoms with Gasteiger partial charge >= 0.3 is 153 Å². The van der Waals surface area contributed by atoms with Crippen LogP contribution in [-0.4, -0.2) is 41.4 Å². The zero-order valence-electron chi connectivity index (χ0n) is 9.07. The summed E-state index contributed by atoms with van der Waals surface area (Å²) >= 11 is 4.89. The molecule has 1 aliphatic carbocycles. The molecule has 1 aliphatic rings. The zero-order chi connectivity index (χ0) is 10.1. The van der Waals surface area contributed by atoms with Crippen molar-refractivity contribution in [3.05, 3.63) is 23.8 Å². The molecule has 0 N–H and O–H groups in total. The van der Waals surface area contributed by atoms with Crippen LogP contribution in [0.2, 0.25) is 0 Å². The van der Waals surface area contributed by atoms with Gasteiger partial charge < -0.3 is 0 Å². The maximum Gasteiger partial charge on any atom is 1.00 e. The smallest absolute Gasteiger partial charge is 1.00 e. The molecule has 0 aromatic carbocycles. The molecule has 0 aromatic rings. The Morgan fingerprint density at radius 3 is 2.27 bits per heavy atom. The largest absolute Gasteiger partial charge is 1.00 e. The predicted octanol–water partition coefficient (Wildman–Crippen LogP) is -5.72. The normalized spacial score (nSPS) is 23.1. The molecule has 0 bridgehead atoms. The topological polar surface area (TPSA) is 34.1 Å². The second-order valence-corrected chi connectivity index (χ2v) is 4.78. The summed E-state index contributed by atoms with van der Waals surface area (Å²) in [7, 11) is 0. The van der Waals surface area contributed by atoms with Crippen molar-refractivity contribution in [2.24, 2.45) is 5.41 Å². The first-order valence-corrected chi connectivity index (χ1v) is 5.48. The molecule has 0 aliphatic heterocycles. The maximum atomic E-state index is 11.2. The third kappa shape index (κ3) is 5.35. The van der Waals surface area contributed by atoms with Crippen molar-refractivity contribution in [2.45, 2.75) is 13.3 Å². The fraction of sp³-hybridized carbons (Fsp3) is 0.333. The van der Waals surface area contributed by atoms with Gasteiger partial charge in [0.2, 0.25) is 0 Å². The molecule has 70 valence electrons. The third-order valence-electron chi connectivity index (χ3n) is 2.05. The second kappa shape index (κ2) is 8.05. The minimum Gasteiger partial charge on any atom is 1.00 e. The first-order chi connectivity index (χ1) is 5.96. The van der Waals surface area contributed by atoms with Gasteiger partial charge in [-0.2, -0.15) is 0 Å². The number of rotatable bonds is 2. The van der Waals surface area contributed by atoms with E-state index in [2.05, 4.69) is 32.0 Å². The monoisotopic (exact) mass is 354 g/mol. The zero-order valence-corrected chi connectivity index (χ0v) is 16.5. The van der Waals surface area contributed by atoms with E-state index in [1.165, 1.54) is 0 Å². The Morgan fingerprint density at radius 2 is 1.87 bits per heavy atom. The Bertz CT molecular complexity index is 326. The fourth-order valence-corrected chi connectivity index (χ4v) is 1.76. The summed E-state index contributed by atoms with van der Waals surface area (Å²) in [6.45, 7) is 1.82. The van der Waals surface area contributed by atoms with E-state index in [-0.39, 0.29) is 68.5 Å². The van der Waals surface area contributed by atoms with Crippen molar-refractivity contribution in [3.8, 4) is 0 Å². The van der Waals surface area contributed by atoms with Crippen LogP contribution in [-0.2, 0) is 9.59 Å². The second-order valence-electron chi connectivity index (χ2n) is 3.22. The van der Waals surface area contributed by atoms with Gasteiger partial charge in [0, 0.05) is 0 Å². The van der Waals surface area contributed by atoms with Crippen molar-refractivity contribution in [1.29, 1.82) is 0 Å². The summed E-state index contributed by atoms with van der Waals surface area (Å²) in [5.41, 5.74) is 0.109. The molecular formula is C9H8Na2O2Se2. The van der Waals surface area contributed by atoms with E-state index in [9.17, 15) is 9.59 Å². The molecule has 2 nitrogen and oxygen atoms in total. The van der Waals surface area contributed by atoms with Crippen LogP contribution in [0.1, 0.15) is 13.3 Å². The summed E-state index contributed by atoms with van der Waals surface area (Å²) in [6.07, 6.45) is 5.78. The molecule has 0 heterocycles. The Balaban J connectivity index is 0. The summed E-state index contributed by atoms with van der Waals surface area (Å²) in [4.78, 5) is 22.3. The van der Waals surface area contributed by atoms with Crippen LogP contribution in [0.4, 0.5) is 0 Å². The number of hydrogen-bond donors (Lipinski definition) is 0. The standard InChI is InChI=1S/C9H10O2Se2.2Na/c1-9(8(11)13)4-2-3-6(5-9)7(10)12;;/h2-4H,5H2,1H3,(H,10,12)(H,11,13);;/q;2*+1/p-2. The molecule has 0 aromatic heterocycles. The first-order valence-electron chi connectivity index (χ1n) is 3.77. The van der Waals surface area contributed by atoms with Crippen LogP contribution in [0.5, 0.6) is 0 Å². The summed E-state index contributed by atoms with van der Waals surface area (Å²) in [5, 5.41) is 0. The molecule has 0 fully saturated rings. The number of hydrogen-bond acceptors (Lipinski definition) is 2. The predicted molar refractivity (Wildman–Crippen MR) is 51.5 cm³/mol. The van der Waals surface area contributed by atoms with Gasteiger partial charge in [-0.25, -0.2) is 0 Å². The van der Waals surface area contributed by atoms with Crippen LogP contribution in [0.25, 0.3) is 0 Å². The first kappa shape index (κ1) is 19.2. The Hall–Kier alpha value is 1.86. The van der Waals surface area contributed by atoms with E-state index in [1.54, 1.807) is 12.2 Å². The summed E-state index contributed by atoms with van der Waals surface area (Å²) < 4.78 is -0.118. The van der Waals surface area contributed by atoms with Gasteiger partial charge in [-0.05, 0) is 0 Å². The van der Waals surface area contributed by atoms with Gasteiger partial charge in [-0.1, -0.05) is 0 Å². The molecule has 1 unspecified atom stereocenters. The van der Waals surface area contributed by atoms with E-state index < -0.39 is 5.41 Å². The van der Waals surface area contributed by atoms with Crippen molar-refractivity contribution in [3.63, 3.8) is 0 Å². The van der Waals surface area contributed by atoms with E-state index in [0.717, 1.165) is 0 Å². The minimum absolute atomic E-state index is 0. The molecule has 0 amide bonds. The number of carbonyl (C=O) groups is 2.